The zero-order valence-electron chi connectivity index (χ0n) is 10.7. The Morgan fingerprint density at radius 3 is 2.59 bits per heavy atom. The molecule has 1 aliphatic heterocycles. The van der Waals surface area contributed by atoms with E-state index in [2.05, 4.69) is 6.92 Å². The van der Waals surface area contributed by atoms with Gasteiger partial charge in [-0.25, -0.2) is 0 Å². The summed E-state index contributed by atoms with van der Waals surface area (Å²) in [5, 5.41) is 0. The largest absolute Gasteiger partial charge is 0.328 e. The molecule has 2 fully saturated rings. The van der Waals surface area contributed by atoms with Gasteiger partial charge in [-0.1, -0.05) is 26.7 Å². The molecule has 3 atom stereocenters. The maximum absolute atomic E-state index is 12.1. The SMILES string of the molecule is CC1CCCC(CN)(N2C(=O)CC(C)C2=O)C1. The molecule has 0 aromatic rings. The van der Waals surface area contributed by atoms with Crippen LogP contribution in [0.15, 0.2) is 0 Å². The number of rotatable bonds is 2. The molecule has 2 N–H and O–H groups in total. The Hall–Kier alpha value is -0.900. The lowest BCUT2D eigenvalue weighted by molar-refractivity contribution is -0.148. The molecule has 0 radical (unpaired) electrons. The van der Waals surface area contributed by atoms with Gasteiger partial charge in [0.25, 0.3) is 0 Å². The third-order valence-corrected chi connectivity index (χ3v) is 4.29. The van der Waals surface area contributed by atoms with Crippen molar-refractivity contribution in [3.63, 3.8) is 0 Å². The van der Waals surface area contributed by atoms with Gasteiger partial charge >= 0.3 is 0 Å². The molecule has 3 unspecified atom stereocenters. The van der Waals surface area contributed by atoms with Crippen LogP contribution in [0.4, 0.5) is 0 Å². The highest BCUT2D eigenvalue weighted by Crippen LogP contribution is 2.39. The maximum atomic E-state index is 12.1. The van der Waals surface area contributed by atoms with Gasteiger partial charge in [-0.05, 0) is 18.8 Å². The summed E-state index contributed by atoms with van der Waals surface area (Å²) < 4.78 is 0. The van der Waals surface area contributed by atoms with E-state index < -0.39 is 5.54 Å². The molecule has 0 aromatic heterocycles. The highest BCUT2D eigenvalue weighted by atomic mass is 16.2. The van der Waals surface area contributed by atoms with Gasteiger partial charge in [0.05, 0.1) is 5.54 Å². The van der Waals surface area contributed by atoms with Gasteiger partial charge in [-0.3, -0.25) is 14.5 Å². The Morgan fingerprint density at radius 1 is 1.41 bits per heavy atom. The second-order valence-corrected chi connectivity index (χ2v) is 5.80. The molecule has 2 aliphatic rings. The topological polar surface area (TPSA) is 63.4 Å². The fraction of sp³-hybridized carbons (Fsp3) is 0.846. The lowest BCUT2D eigenvalue weighted by Crippen LogP contribution is -2.58. The normalized spacial score (nSPS) is 38.9. The molecule has 4 heteroatoms. The number of likely N-dealkylation sites (tertiary alicyclic amines) is 1. The summed E-state index contributed by atoms with van der Waals surface area (Å²) in [6, 6.07) is 0. The maximum Gasteiger partial charge on any atom is 0.233 e. The summed E-state index contributed by atoms with van der Waals surface area (Å²) in [5.74, 6) is 0.337. The molecule has 1 heterocycles. The van der Waals surface area contributed by atoms with Crippen LogP contribution in [0, 0.1) is 11.8 Å². The average molecular weight is 238 g/mol. The van der Waals surface area contributed by atoms with Gasteiger partial charge in [0.2, 0.25) is 11.8 Å². The molecule has 2 amide bonds. The van der Waals surface area contributed by atoms with Crippen molar-refractivity contribution in [2.24, 2.45) is 17.6 Å². The molecule has 96 valence electrons. The van der Waals surface area contributed by atoms with Gasteiger partial charge in [-0.15, -0.1) is 0 Å². The van der Waals surface area contributed by atoms with Gasteiger partial charge in [0.1, 0.15) is 0 Å². The number of hydrogen-bond donors (Lipinski definition) is 1. The Balaban J connectivity index is 2.28. The van der Waals surface area contributed by atoms with E-state index in [1.165, 1.54) is 11.3 Å². The average Bonchev–Trinajstić information content (AvgIpc) is 2.53. The number of hydrogen-bond acceptors (Lipinski definition) is 3. The van der Waals surface area contributed by atoms with Crippen LogP contribution in [-0.4, -0.2) is 28.8 Å². The van der Waals surface area contributed by atoms with Gasteiger partial charge in [-0.2, -0.15) is 0 Å². The Kier molecular flexibility index (Phi) is 3.25. The third-order valence-electron chi connectivity index (χ3n) is 4.29. The lowest BCUT2D eigenvalue weighted by Gasteiger charge is -2.44. The van der Waals surface area contributed by atoms with Crippen LogP contribution in [0.5, 0.6) is 0 Å². The number of amides is 2. The fourth-order valence-corrected chi connectivity index (χ4v) is 3.39. The number of nitrogens with two attached hydrogens (primary N) is 1. The first-order valence-corrected chi connectivity index (χ1v) is 6.57. The first kappa shape index (κ1) is 12.6. The minimum Gasteiger partial charge on any atom is -0.328 e. The van der Waals surface area contributed by atoms with Crippen LogP contribution in [0.3, 0.4) is 0 Å². The summed E-state index contributed by atoms with van der Waals surface area (Å²) in [4.78, 5) is 25.7. The zero-order valence-corrected chi connectivity index (χ0v) is 10.7. The van der Waals surface area contributed by atoms with Crippen LogP contribution in [0.25, 0.3) is 0 Å². The van der Waals surface area contributed by atoms with E-state index in [-0.39, 0.29) is 17.7 Å². The summed E-state index contributed by atoms with van der Waals surface area (Å²) in [6.07, 6.45) is 4.33. The van der Waals surface area contributed by atoms with Crippen molar-refractivity contribution in [2.45, 2.75) is 51.5 Å². The first-order chi connectivity index (χ1) is 8.00. The number of carbonyl (C=O) groups is 2. The quantitative estimate of drug-likeness (QED) is 0.737. The van der Waals surface area contributed by atoms with Crippen LogP contribution in [0.1, 0.15) is 46.0 Å². The number of nitrogens with zero attached hydrogens (tertiary/aromatic N) is 1. The van der Waals surface area contributed by atoms with Crippen molar-refractivity contribution in [1.29, 1.82) is 0 Å². The number of carbonyl (C=O) groups excluding carboxylic acids is 2. The van der Waals surface area contributed by atoms with Crippen molar-refractivity contribution >= 4 is 11.8 Å². The van der Waals surface area contributed by atoms with Crippen molar-refractivity contribution in [2.75, 3.05) is 6.54 Å². The second-order valence-electron chi connectivity index (χ2n) is 5.80. The number of imide groups is 1. The highest BCUT2D eigenvalue weighted by molar-refractivity contribution is 6.04. The summed E-state index contributed by atoms with van der Waals surface area (Å²) in [7, 11) is 0. The van der Waals surface area contributed by atoms with Crippen molar-refractivity contribution in [3.8, 4) is 0 Å². The molecule has 4 nitrogen and oxygen atoms in total. The second kappa shape index (κ2) is 4.41. The van der Waals surface area contributed by atoms with E-state index in [9.17, 15) is 9.59 Å². The van der Waals surface area contributed by atoms with Gasteiger partial charge in [0, 0.05) is 18.9 Å². The van der Waals surface area contributed by atoms with E-state index >= 15 is 0 Å². The van der Waals surface area contributed by atoms with E-state index in [1.807, 2.05) is 6.92 Å². The minimum atomic E-state index is -0.392. The predicted molar refractivity (Wildman–Crippen MR) is 65.1 cm³/mol. The van der Waals surface area contributed by atoms with E-state index in [0.717, 1.165) is 19.3 Å². The molecule has 1 aliphatic carbocycles. The van der Waals surface area contributed by atoms with E-state index in [0.29, 0.717) is 18.9 Å². The van der Waals surface area contributed by atoms with Crippen LogP contribution >= 0.6 is 0 Å². The van der Waals surface area contributed by atoms with Crippen molar-refractivity contribution < 1.29 is 9.59 Å². The molecule has 1 saturated heterocycles. The molecule has 0 aromatic carbocycles. The molecule has 0 spiro atoms. The molecule has 2 rings (SSSR count). The van der Waals surface area contributed by atoms with Crippen LogP contribution in [0.2, 0.25) is 0 Å². The van der Waals surface area contributed by atoms with Crippen molar-refractivity contribution in [3.05, 3.63) is 0 Å². The van der Waals surface area contributed by atoms with Crippen LogP contribution in [-0.2, 0) is 9.59 Å². The molecular formula is C13H22N2O2. The fourth-order valence-electron chi connectivity index (χ4n) is 3.39. The Bertz CT molecular complexity index is 342. The molecule has 17 heavy (non-hydrogen) atoms. The summed E-state index contributed by atoms with van der Waals surface area (Å²) in [5.41, 5.74) is 5.51. The van der Waals surface area contributed by atoms with Gasteiger partial charge < -0.3 is 5.73 Å². The minimum absolute atomic E-state index is 0.0189. The summed E-state index contributed by atoms with van der Waals surface area (Å²) >= 11 is 0. The van der Waals surface area contributed by atoms with Crippen LogP contribution < -0.4 is 5.73 Å². The third kappa shape index (κ3) is 1.99. The molecule has 0 bridgehead atoms. The smallest absolute Gasteiger partial charge is 0.233 e. The summed E-state index contributed by atoms with van der Waals surface area (Å²) in [6.45, 7) is 4.41. The monoisotopic (exact) mass is 238 g/mol. The van der Waals surface area contributed by atoms with Gasteiger partial charge in [0.15, 0.2) is 0 Å². The highest BCUT2D eigenvalue weighted by Gasteiger charge is 2.49. The first-order valence-electron chi connectivity index (χ1n) is 6.57. The standard InChI is InChI=1S/C13H22N2O2/c1-9-4-3-5-13(7-9,8-14)15-11(16)6-10(2)12(15)17/h9-10H,3-8,14H2,1-2H3. The Labute approximate surface area is 103 Å². The van der Waals surface area contributed by atoms with E-state index in [4.69, 9.17) is 5.73 Å². The molecular weight excluding hydrogens is 216 g/mol. The Morgan fingerprint density at radius 2 is 2.12 bits per heavy atom. The predicted octanol–water partition coefficient (Wildman–Crippen LogP) is 1.29. The lowest BCUT2D eigenvalue weighted by atomic mass is 9.75. The zero-order chi connectivity index (χ0) is 12.6. The van der Waals surface area contributed by atoms with E-state index in [1.54, 1.807) is 0 Å². The van der Waals surface area contributed by atoms with Crippen molar-refractivity contribution in [1.82, 2.24) is 4.90 Å². The molecule has 1 saturated carbocycles.